The minimum Gasteiger partial charge on any atom is -0.355 e. The first kappa shape index (κ1) is 17.6. The number of imidazole rings is 1. The standard InChI is InChI=1S/C15H16F3N5OS/c1-23-13(15(16,17)18)6-10(22-23)11-2-3-12(25-11)14(24)20-5-4-9-7-19-8-21-9/h2,6-8,12H,3-5H2,1H3,(H,19,21)(H,20,24). The molecule has 0 fully saturated rings. The molecule has 0 spiro atoms. The van der Waals surface area contributed by atoms with Crippen molar-refractivity contribution in [2.75, 3.05) is 6.54 Å². The van der Waals surface area contributed by atoms with Crippen LogP contribution in [0.25, 0.3) is 4.91 Å². The number of thioether (sulfide) groups is 1. The topological polar surface area (TPSA) is 75.6 Å². The van der Waals surface area contributed by atoms with Crippen molar-refractivity contribution in [2.45, 2.75) is 24.3 Å². The van der Waals surface area contributed by atoms with Crippen LogP contribution >= 0.6 is 11.8 Å². The average Bonchev–Trinajstić information content (AvgIpc) is 3.25. The monoisotopic (exact) mass is 371 g/mol. The first-order valence-corrected chi connectivity index (χ1v) is 8.46. The van der Waals surface area contributed by atoms with E-state index in [4.69, 9.17) is 0 Å². The number of aromatic nitrogens is 4. The molecule has 0 bridgehead atoms. The molecule has 1 aliphatic heterocycles. The largest absolute Gasteiger partial charge is 0.433 e. The number of carbonyl (C=O) groups excluding carboxylic acids is 1. The number of alkyl halides is 3. The molecule has 0 radical (unpaired) electrons. The normalized spacial score (nSPS) is 17.6. The van der Waals surface area contributed by atoms with Crippen molar-refractivity contribution in [1.82, 2.24) is 25.1 Å². The van der Waals surface area contributed by atoms with Crippen LogP contribution in [0.2, 0.25) is 0 Å². The van der Waals surface area contributed by atoms with Crippen LogP contribution in [0, 0.1) is 0 Å². The minimum atomic E-state index is -4.45. The van der Waals surface area contributed by atoms with Gasteiger partial charge < -0.3 is 10.3 Å². The highest BCUT2D eigenvalue weighted by Gasteiger charge is 2.36. The summed E-state index contributed by atoms with van der Waals surface area (Å²) in [6.45, 7) is 0.467. The predicted octanol–water partition coefficient (Wildman–Crippen LogP) is 2.37. The highest BCUT2D eigenvalue weighted by molar-refractivity contribution is 8.09. The molecule has 1 unspecified atom stereocenters. The zero-order valence-electron chi connectivity index (χ0n) is 13.3. The first-order chi connectivity index (χ1) is 11.8. The molecule has 25 heavy (non-hydrogen) atoms. The molecule has 134 valence electrons. The van der Waals surface area contributed by atoms with Gasteiger partial charge in [-0.05, 0) is 12.5 Å². The van der Waals surface area contributed by atoms with Gasteiger partial charge in [-0.25, -0.2) is 4.98 Å². The summed E-state index contributed by atoms with van der Waals surface area (Å²) >= 11 is 1.24. The predicted molar refractivity (Wildman–Crippen MR) is 87.5 cm³/mol. The fourth-order valence-electron chi connectivity index (χ4n) is 2.50. The highest BCUT2D eigenvalue weighted by atomic mass is 32.2. The molecule has 2 aromatic heterocycles. The zero-order valence-corrected chi connectivity index (χ0v) is 14.1. The number of rotatable bonds is 5. The van der Waals surface area contributed by atoms with Crippen molar-refractivity contribution in [3.05, 3.63) is 41.7 Å². The lowest BCUT2D eigenvalue weighted by Gasteiger charge is -2.10. The molecule has 3 heterocycles. The first-order valence-electron chi connectivity index (χ1n) is 7.58. The van der Waals surface area contributed by atoms with Gasteiger partial charge in [0.15, 0.2) is 0 Å². The third-order valence-electron chi connectivity index (χ3n) is 3.75. The maximum atomic E-state index is 12.9. The number of hydrogen-bond acceptors (Lipinski definition) is 4. The molecular weight excluding hydrogens is 355 g/mol. The molecule has 1 amide bonds. The van der Waals surface area contributed by atoms with Crippen LogP contribution < -0.4 is 5.32 Å². The van der Waals surface area contributed by atoms with Crippen LogP contribution in [-0.2, 0) is 24.4 Å². The molecule has 0 aromatic carbocycles. The lowest BCUT2D eigenvalue weighted by atomic mass is 10.2. The number of nitrogens with zero attached hydrogens (tertiary/aromatic N) is 3. The summed E-state index contributed by atoms with van der Waals surface area (Å²) in [6.07, 6.45) is 1.67. The Kier molecular flexibility index (Phi) is 4.89. The summed E-state index contributed by atoms with van der Waals surface area (Å²) in [5.74, 6) is -0.136. The van der Waals surface area contributed by atoms with E-state index in [1.165, 1.54) is 18.8 Å². The van der Waals surface area contributed by atoms with Crippen LogP contribution in [0.4, 0.5) is 13.2 Å². The van der Waals surface area contributed by atoms with Gasteiger partial charge in [-0.2, -0.15) is 18.3 Å². The van der Waals surface area contributed by atoms with Gasteiger partial charge in [0.1, 0.15) is 5.69 Å². The minimum absolute atomic E-state index is 0.136. The second kappa shape index (κ2) is 6.95. The lowest BCUT2D eigenvalue weighted by molar-refractivity contribution is -0.143. The van der Waals surface area contributed by atoms with Crippen molar-refractivity contribution in [3.8, 4) is 0 Å². The molecule has 0 saturated heterocycles. The number of aromatic amines is 1. The van der Waals surface area contributed by atoms with Crippen molar-refractivity contribution in [3.63, 3.8) is 0 Å². The Bertz CT molecular complexity index is 782. The van der Waals surface area contributed by atoms with Gasteiger partial charge in [0.25, 0.3) is 0 Å². The quantitative estimate of drug-likeness (QED) is 0.846. The Morgan fingerprint density at radius 2 is 2.32 bits per heavy atom. The van der Waals surface area contributed by atoms with E-state index < -0.39 is 11.9 Å². The van der Waals surface area contributed by atoms with E-state index in [9.17, 15) is 18.0 Å². The zero-order chi connectivity index (χ0) is 18.0. The van der Waals surface area contributed by atoms with Crippen LogP contribution in [0.15, 0.2) is 24.7 Å². The fraction of sp³-hybridized carbons (Fsp3) is 0.400. The van der Waals surface area contributed by atoms with Crippen LogP contribution in [-0.4, -0.2) is 37.5 Å². The van der Waals surface area contributed by atoms with Crippen molar-refractivity contribution < 1.29 is 18.0 Å². The summed E-state index contributed by atoms with van der Waals surface area (Å²) in [4.78, 5) is 19.6. The highest BCUT2D eigenvalue weighted by Crippen LogP contribution is 2.40. The van der Waals surface area contributed by atoms with Gasteiger partial charge in [-0.1, -0.05) is 6.08 Å². The van der Waals surface area contributed by atoms with E-state index in [2.05, 4.69) is 20.4 Å². The van der Waals surface area contributed by atoms with Crippen molar-refractivity contribution in [1.29, 1.82) is 0 Å². The van der Waals surface area contributed by atoms with Gasteiger partial charge in [-0.3, -0.25) is 9.48 Å². The summed E-state index contributed by atoms with van der Waals surface area (Å²) in [7, 11) is 1.26. The molecule has 3 rings (SSSR count). The van der Waals surface area contributed by atoms with Crippen molar-refractivity contribution >= 4 is 22.6 Å². The summed E-state index contributed by atoms with van der Waals surface area (Å²) in [5, 5.41) is 6.39. The van der Waals surface area contributed by atoms with Gasteiger partial charge in [0, 0.05) is 36.8 Å². The maximum absolute atomic E-state index is 12.9. The van der Waals surface area contributed by atoms with E-state index in [0.717, 1.165) is 16.4 Å². The number of H-pyrrole nitrogens is 1. The molecule has 10 heteroatoms. The number of carbonyl (C=O) groups is 1. The third kappa shape index (κ3) is 4.06. The maximum Gasteiger partial charge on any atom is 0.433 e. The number of allylic oxidation sites excluding steroid dienone is 1. The molecule has 0 saturated carbocycles. The fourth-order valence-corrected chi connectivity index (χ4v) is 3.60. The van der Waals surface area contributed by atoms with Crippen LogP contribution in [0.3, 0.4) is 0 Å². The Hall–Kier alpha value is -2.23. The van der Waals surface area contributed by atoms with Crippen LogP contribution in [0.1, 0.15) is 23.5 Å². The van der Waals surface area contributed by atoms with Gasteiger partial charge in [-0.15, -0.1) is 11.8 Å². The lowest BCUT2D eigenvalue weighted by Crippen LogP contribution is -2.33. The van der Waals surface area contributed by atoms with Crippen LogP contribution in [0.5, 0.6) is 0 Å². The van der Waals surface area contributed by atoms with Gasteiger partial charge in [0.05, 0.1) is 17.3 Å². The smallest absolute Gasteiger partial charge is 0.355 e. The van der Waals surface area contributed by atoms with E-state index in [1.807, 2.05) is 0 Å². The van der Waals surface area contributed by atoms with Gasteiger partial charge >= 0.3 is 6.18 Å². The Labute approximate surface area is 145 Å². The molecule has 2 aromatic rings. The SMILES string of the molecule is Cn1nc(C2=CCC(C(=O)NCCc3cnc[nH]3)S2)cc1C(F)(F)F. The number of hydrogen-bond donors (Lipinski definition) is 2. The second-order valence-electron chi connectivity index (χ2n) is 5.56. The number of amides is 1. The molecule has 0 aliphatic carbocycles. The summed E-state index contributed by atoms with van der Waals surface area (Å²) < 4.78 is 39.4. The Morgan fingerprint density at radius 3 is 2.96 bits per heavy atom. The second-order valence-corrected chi connectivity index (χ2v) is 6.81. The van der Waals surface area contributed by atoms with Gasteiger partial charge in [0.2, 0.25) is 5.91 Å². The molecule has 6 nitrogen and oxygen atoms in total. The number of aryl methyl sites for hydroxylation is 1. The third-order valence-corrected chi connectivity index (χ3v) is 5.07. The number of nitrogens with one attached hydrogen (secondary N) is 2. The Balaban J connectivity index is 1.55. The average molecular weight is 371 g/mol. The van der Waals surface area contributed by atoms with Crippen molar-refractivity contribution in [2.24, 2.45) is 7.05 Å². The van der Waals surface area contributed by atoms with E-state index in [1.54, 1.807) is 18.6 Å². The van der Waals surface area contributed by atoms with E-state index >= 15 is 0 Å². The van der Waals surface area contributed by atoms with E-state index in [0.29, 0.717) is 24.3 Å². The molecular formula is C15H16F3N5OS. The summed E-state index contributed by atoms with van der Waals surface area (Å²) in [6, 6.07) is 1.01. The molecule has 1 aliphatic rings. The number of halogens is 3. The van der Waals surface area contributed by atoms with E-state index in [-0.39, 0.29) is 16.9 Å². The molecule has 2 N–H and O–H groups in total. The summed E-state index contributed by atoms with van der Waals surface area (Å²) in [5.41, 5.74) is 0.357. The molecule has 1 atom stereocenters. The Morgan fingerprint density at radius 1 is 1.52 bits per heavy atom.